The Morgan fingerprint density at radius 2 is 1.85 bits per heavy atom. The van der Waals surface area contributed by atoms with Crippen LogP contribution in [-0.4, -0.2) is 17.0 Å². The Morgan fingerprint density at radius 3 is 2.50 bits per heavy atom. The molecule has 110 valence electrons. The molecule has 0 saturated heterocycles. The zero-order valence-corrected chi connectivity index (χ0v) is 12.2. The molecular weight excluding hydrogens is 254 g/mol. The Balaban J connectivity index is 2.49. The molecule has 0 heterocycles. The van der Waals surface area contributed by atoms with Crippen LogP contribution < -0.4 is 5.32 Å². The van der Waals surface area contributed by atoms with Gasteiger partial charge in [0.25, 0.3) is 0 Å². The number of unbranched alkanes of at least 4 members (excludes halogenated alkanes) is 4. The number of anilines is 1. The largest absolute Gasteiger partial charge is 0.478 e. The third-order valence-corrected chi connectivity index (χ3v) is 3.27. The maximum atomic E-state index is 11.8. The predicted octanol–water partition coefficient (Wildman–Crippen LogP) is 3.99. The summed E-state index contributed by atoms with van der Waals surface area (Å²) >= 11 is 0. The molecule has 20 heavy (non-hydrogen) atoms. The SMILES string of the molecule is CCCCCCCC(=O)Nc1cc(C(=O)O)ccc1C. The Morgan fingerprint density at radius 1 is 1.15 bits per heavy atom. The van der Waals surface area contributed by atoms with Gasteiger partial charge in [-0.15, -0.1) is 0 Å². The highest BCUT2D eigenvalue weighted by Gasteiger charge is 2.08. The van der Waals surface area contributed by atoms with Crippen molar-refractivity contribution in [1.29, 1.82) is 0 Å². The number of carbonyl (C=O) groups excluding carboxylic acids is 1. The number of aromatic carboxylic acids is 1. The lowest BCUT2D eigenvalue weighted by Crippen LogP contribution is -2.12. The van der Waals surface area contributed by atoms with E-state index in [0.29, 0.717) is 12.1 Å². The number of amides is 1. The first-order valence-electron chi connectivity index (χ1n) is 7.18. The smallest absolute Gasteiger partial charge is 0.335 e. The summed E-state index contributed by atoms with van der Waals surface area (Å²) in [6.45, 7) is 4.01. The Labute approximate surface area is 120 Å². The summed E-state index contributed by atoms with van der Waals surface area (Å²) < 4.78 is 0. The van der Waals surface area contributed by atoms with Crippen LogP contribution in [0.2, 0.25) is 0 Å². The van der Waals surface area contributed by atoms with Gasteiger partial charge in [0, 0.05) is 12.1 Å². The Bertz CT molecular complexity index is 469. The van der Waals surface area contributed by atoms with Crippen molar-refractivity contribution < 1.29 is 14.7 Å². The van der Waals surface area contributed by atoms with Crippen molar-refractivity contribution in [1.82, 2.24) is 0 Å². The number of hydrogen-bond donors (Lipinski definition) is 2. The van der Waals surface area contributed by atoms with Crippen LogP contribution in [0.3, 0.4) is 0 Å². The van der Waals surface area contributed by atoms with Gasteiger partial charge in [-0.3, -0.25) is 4.79 Å². The summed E-state index contributed by atoms with van der Waals surface area (Å²) in [5.74, 6) is -1.03. The van der Waals surface area contributed by atoms with Gasteiger partial charge in [-0.1, -0.05) is 38.7 Å². The summed E-state index contributed by atoms with van der Waals surface area (Å²) in [4.78, 5) is 22.7. The number of nitrogens with one attached hydrogen (secondary N) is 1. The number of carboxylic acids is 1. The molecule has 0 spiro atoms. The van der Waals surface area contributed by atoms with E-state index in [1.54, 1.807) is 6.07 Å². The van der Waals surface area contributed by atoms with Crippen molar-refractivity contribution in [3.63, 3.8) is 0 Å². The summed E-state index contributed by atoms with van der Waals surface area (Å²) in [7, 11) is 0. The van der Waals surface area contributed by atoms with E-state index >= 15 is 0 Å². The Hall–Kier alpha value is -1.84. The maximum absolute atomic E-state index is 11.8. The fourth-order valence-corrected chi connectivity index (χ4v) is 1.99. The van der Waals surface area contributed by atoms with Crippen LogP contribution in [-0.2, 0) is 4.79 Å². The van der Waals surface area contributed by atoms with Crippen LogP contribution in [0.4, 0.5) is 5.69 Å². The second-order valence-electron chi connectivity index (χ2n) is 5.05. The van der Waals surface area contributed by atoms with Gasteiger partial charge in [0.2, 0.25) is 5.91 Å². The fraction of sp³-hybridized carbons (Fsp3) is 0.500. The average Bonchev–Trinajstić information content (AvgIpc) is 2.40. The molecule has 4 nitrogen and oxygen atoms in total. The number of benzene rings is 1. The van der Waals surface area contributed by atoms with E-state index in [1.165, 1.54) is 25.0 Å². The molecule has 0 aromatic heterocycles. The van der Waals surface area contributed by atoms with E-state index in [4.69, 9.17) is 5.11 Å². The molecule has 1 amide bonds. The normalized spacial score (nSPS) is 10.3. The van der Waals surface area contributed by atoms with E-state index in [-0.39, 0.29) is 11.5 Å². The summed E-state index contributed by atoms with van der Waals surface area (Å²) in [5.41, 5.74) is 1.65. The molecule has 1 rings (SSSR count). The molecule has 0 aliphatic heterocycles. The first-order valence-corrected chi connectivity index (χ1v) is 7.18. The number of rotatable bonds is 8. The van der Waals surface area contributed by atoms with Crippen molar-refractivity contribution in [2.45, 2.75) is 52.4 Å². The molecule has 0 radical (unpaired) electrons. The second kappa shape index (κ2) is 8.35. The Kier molecular flexibility index (Phi) is 6.77. The third-order valence-electron chi connectivity index (χ3n) is 3.27. The molecule has 0 aliphatic rings. The molecule has 0 atom stereocenters. The maximum Gasteiger partial charge on any atom is 0.335 e. The second-order valence-corrected chi connectivity index (χ2v) is 5.05. The quantitative estimate of drug-likeness (QED) is 0.706. The standard InChI is InChI=1S/C16H23NO3/c1-3-4-5-6-7-8-15(18)17-14-11-13(16(19)20)10-9-12(14)2/h9-11H,3-8H2,1-2H3,(H,17,18)(H,19,20). The molecule has 0 fully saturated rings. The highest BCUT2D eigenvalue weighted by Crippen LogP contribution is 2.17. The highest BCUT2D eigenvalue weighted by molar-refractivity contribution is 5.94. The predicted molar refractivity (Wildman–Crippen MR) is 80.1 cm³/mol. The summed E-state index contributed by atoms with van der Waals surface area (Å²) in [6, 6.07) is 4.75. The molecule has 0 unspecified atom stereocenters. The fourth-order valence-electron chi connectivity index (χ4n) is 1.99. The van der Waals surface area contributed by atoms with Gasteiger partial charge in [-0.05, 0) is 31.0 Å². The lowest BCUT2D eigenvalue weighted by Gasteiger charge is -2.09. The van der Waals surface area contributed by atoms with Crippen LogP contribution in [0, 0.1) is 6.92 Å². The van der Waals surface area contributed by atoms with E-state index in [1.807, 2.05) is 6.92 Å². The summed E-state index contributed by atoms with van der Waals surface area (Å²) in [6.07, 6.45) is 5.99. The number of aryl methyl sites for hydroxylation is 1. The summed E-state index contributed by atoms with van der Waals surface area (Å²) in [5, 5.41) is 11.7. The van der Waals surface area contributed by atoms with Gasteiger partial charge < -0.3 is 10.4 Å². The minimum absolute atomic E-state index is 0.0489. The minimum atomic E-state index is -0.986. The number of hydrogen-bond acceptors (Lipinski definition) is 2. The number of carboxylic acid groups (broad SMARTS) is 1. The van der Waals surface area contributed by atoms with Crippen molar-refractivity contribution in [2.24, 2.45) is 0 Å². The van der Waals surface area contributed by atoms with Crippen LogP contribution in [0.15, 0.2) is 18.2 Å². The first-order chi connectivity index (χ1) is 9.54. The minimum Gasteiger partial charge on any atom is -0.478 e. The molecule has 0 saturated carbocycles. The van der Waals surface area contributed by atoms with Gasteiger partial charge in [0.05, 0.1) is 5.56 Å². The first kappa shape index (κ1) is 16.2. The third kappa shape index (κ3) is 5.43. The molecule has 1 aromatic rings. The molecule has 0 bridgehead atoms. The van der Waals surface area contributed by atoms with Gasteiger partial charge in [0.15, 0.2) is 0 Å². The number of carbonyl (C=O) groups is 2. The van der Waals surface area contributed by atoms with Crippen molar-refractivity contribution >= 4 is 17.6 Å². The van der Waals surface area contributed by atoms with Gasteiger partial charge in [0.1, 0.15) is 0 Å². The molecule has 2 N–H and O–H groups in total. The topological polar surface area (TPSA) is 66.4 Å². The van der Waals surface area contributed by atoms with E-state index < -0.39 is 5.97 Å². The molecular formula is C16H23NO3. The van der Waals surface area contributed by atoms with Gasteiger partial charge in [-0.25, -0.2) is 4.79 Å². The van der Waals surface area contributed by atoms with Crippen LogP contribution >= 0.6 is 0 Å². The van der Waals surface area contributed by atoms with E-state index in [0.717, 1.165) is 24.8 Å². The zero-order valence-electron chi connectivity index (χ0n) is 12.2. The van der Waals surface area contributed by atoms with Crippen molar-refractivity contribution in [3.05, 3.63) is 29.3 Å². The van der Waals surface area contributed by atoms with E-state index in [2.05, 4.69) is 12.2 Å². The van der Waals surface area contributed by atoms with E-state index in [9.17, 15) is 9.59 Å². The van der Waals surface area contributed by atoms with Crippen LogP contribution in [0.25, 0.3) is 0 Å². The zero-order chi connectivity index (χ0) is 15.0. The highest BCUT2D eigenvalue weighted by atomic mass is 16.4. The van der Waals surface area contributed by atoms with Gasteiger partial charge in [-0.2, -0.15) is 0 Å². The average molecular weight is 277 g/mol. The van der Waals surface area contributed by atoms with Crippen LogP contribution in [0.1, 0.15) is 61.4 Å². The molecule has 4 heteroatoms. The lowest BCUT2D eigenvalue weighted by atomic mass is 10.1. The molecule has 1 aromatic carbocycles. The van der Waals surface area contributed by atoms with Gasteiger partial charge >= 0.3 is 5.97 Å². The monoisotopic (exact) mass is 277 g/mol. The van der Waals surface area contributed by atoms with Crippen molar-refractivity contribution in [2.75, 3.05) is 5.32 Å². The lowest BCUT2D eigenvalue weighted by molar-refractivity contribution is -0.116. The molecule has 0 aliphatic carbocycles. The van der Waals surface area contributed by atoms with Crippen LogP contribution in [0.5, 0.6) is 0 Å². The van der Waals surface area contributed by atoms with Crippen molar-refractivity contribution in [3.8, 4) is 0 Å².